The Hall–Kier alpha value is -0.610. The standard InChI is InChI=1S/C12H20N2O2/c15-8-12-3-1-2-10(12)6-14(7-12)11(16)9-4-13-5-9/h9-10,13,15H,1-8H2/t10-,12+/m0/s1. The highest BCUT2D eigenvalue weighted by molar-refractivity contribution is 5.80. The smallest absolute Gasteiger partial charge is 0.228 e. The maximum atomic E-state index is 12.1. The van der Waals surface area contributed by atoms with Crippen LogP contribution in [-0.4, -0.2) is 48.7 Å². The van der Waals surface area contributed by atoms with Gasteiger partial charge in [-0.25, -0.2) is 0 Å². The summed E-state index contributed by atoms with van der Waals surface area (Å²) >= 11 is 0. The molecule has 2 aliphatic heterocycles. The highest BCUT2D eigenvalue weighted by Crippen LogP contribution is 2.48. The van der Waals surface area contributed by atoms with Crippen LogP contribution in [0.1, 0.15) is 19.3 Å². The molecule has 3 aliphatic rings. The van der Waals surface area contributed by atoms with Crippen molar-refractivity contribution in [1.29, 1.82) is 0 Å². The molecule has 1 amide bonds. The Morgan fingerprint density at radius 1 is 1.50 bits per heavy atom. The number of carbonyl (C=O) groups excluding carboxylic acids is 1. The number of hydrogen-bond donors (Lipinski definition) is 2. The first-order valence-electron chi connectivity index (χ1n) is 6.35. The average Bonchev–Trinajstić information content (AvgIpc) is 2.70. The van der Waals surface area contributed by atoms with Crippen LogP contribution < -0.4 is 5.32 Å². The van der Waals surface area contributed by atoms with Gasteiger partial charge in [0.2, 0.25) is 5.91 Å². The molecule has 2 saturated heterocycles. The van der Waals surface area contributed by atoms with Gasteiger partial charge in [0.1, 0.15) is 0 Å². The molecule has 0 aromatic heterocycles. The van der Waals surface area contributed by atoms with E-state index < -0.39 is 0 Å². The lowest BCUT2D eigenvalue weighted by Gasteiger charge is -2.31. The molecule has 1 saturated carbocycles. The summed E-state index contributed by atoms with van der Waals surface area (Å²) < 4.78 is 0. The molecule has 16 heavy (non-hydrogen) atoms. The highest BCUT2D eigenvalue weighted by Gasteiger charge is 2.51. The van der Waals surface area contributed by atoms with E-state index in [9.17, 15) is 9.90 Å². The molecular weight excluding hydrogens is 204 g/mol. The first-order valence-corrected chi connectivity index (χ1v) is 6.35. The Morgan fingerprint density at radius 2 is 2.31 bits per heavy atom. The van der Waals surface area contributed by atoms with Crippen LogP contribution >= 0.6 is 0 Å². The third-order valence-electron chi connectivity index (χ3n) is 4.80. The summed E-state index contributed by atoms with van der Waals surface area (Å²) in [7, 11) is 0. The van der Waals surface area contributed by atoms with Crippen LogP contribution in [0.4, 0.5) is 0 Å². The molecule has 0 bridgehead atoms. The molecule has 4 nitrogen and oxygen atoms in total. The number of rotatable bonds is 2. The van der Waals surface area contributed by atoms with Gasteiger partial charge in [0, 0.05) is 31.6 Å². The SMILES string of the molecule is O=C(C1CNC1)N1C[C@@H]2CCC[C@]2(CO)C1. The van der Waals surface area contributed by atoms with Crippen LogP contribution in [0, 0.1) is 17.3 Å². The Bertz CT molecular complexity index is 303. The molecule has 0 unspecified atom stereocenters. The minimum atomic E-state index is 0.0484. The van der Waals surface area contributed by atoms with Crippen LogP contribution in [0.3, 0.4) is 0 Å². The molecule has 0 aromatic rings. The van der Waals surface area contributed by atoms with Crippen molar-refractivity contribution in [2.24, 2.45) is 17.3 Å². The number of aliphatic hydroxyl groups is 1. The number of likely N-dealkylation sites (tertiary alicyclic amines) is 1. The zero-order valence-corrected chi connectivity index (χ0v) is 9.61. The van der Waals surface area contributed by atoms with E-state index in [1.165, 1.54) is 12.8 Å². The lowest BCUT2D eigenvalue weighted by atomic mass is 9.82. The van der Waals surface area contributed by atoms with Gasteiger partial charge >= 0.3 is 0 Å². The molecule has 2 N–H and O–H groups in total. The van der Waals surface area contributed by atoms with Crippen molar-refractivity contribution < 1.29 is 9.90 Å². The van der Waals surface area contributed by atoms with Crippen molar-refractivity contribution in [3.05, 3.63) is 0 Å². The molecule has 3 rings (SSSR count). The monoisotopic (exact) mass is 224 g/mol. The van der Waals surface area contributed by atoms with Crippen LogP contribution in [0.5, 0.6) is 0 Å². The average molecular weight is 224 g/mol. The fraction of sp³-hybridized carbons (Fsp3) is 0.917. The van der Waals surface area contributed by atoms with Gasteiger partial charge in [0.25, 0.3) is 0 Å². The lowest BCUT2D eigenvalue weighted by Crippen LogP contribution is -2.52. The van der Waals surface area contributed by atoms with Crippen molar-refractivity contribution >= 4 is 5.91 Å². The molecule has 2 heterocycles. The minimum absolute atomic E-state index is 0.0484. The van der Waals surface area contributed by atoms with E-state index in [1.54, 1.807) is 0 Å². The van der Waals surface area contributed by atoms with Gasteiger partial charge in [-0.2, -0.15) is 0 Å². The van der Waals surface area contributed by atoms with Gasteiger partial charge in [0.05, 0.1) is 12.5 Å². The fourth-order valence-electron chi connectivity index (χ4n) is 3.56. The van der Waals surface area contributed by atoms with Crippen molar-refractivity contribution in [2.45, 2.75) is 19.3 Å². The van der Waals surface area contributed by atoms with E-state index in [2.05, 4.69) is 5.32 Å². The first kappa shape index (κ1) is 10.5. The van der Waals surface area contributed by atoms with E-state index in [0.717, 1.165) is 32.6 Å². The summed E-state index contributed by atoms with van der Waals surface area (Å²) in [4.78, 5) is 14.1. The van der Waals surface area contributed by atoms with Gasteiger partial charge in [-0.15, -0.1) is 0 Å². The van der Waals surface area contributed by atoms with Crippen molar-refractivity contribution in [1.82, 2.24) is 10.2 Å². The van der Waals surface area contributed by atoms with Crippen molar-refractivity contribution in [2.75, 3.05) is 32.8 Å². The number of amides is 1. The zero-order chi connectivity index (χ0) is 11.2. The molecule has 90 valence electrons. The molecular formula is C12H20N2O2. The van der Waals surface area contributed by atoms with Gasteiger partial charge in [-0.05, 0) is 18.8 Å². The minimum Gasteiger partial charge on any atom is -0.396 e. The predicted molar refractivity (Wildman–Crippen MR) is 59.8 cm³/mol. The summed E-state index contributed by atoms with van der Waals surface area (Å²) in [5.41, 5.74) is 0.0484. The number of nitrogens with one attached hydrogen (secondary N) is 1. The first-order chi connectivity index (χ1) is 7.75. The normalized spacial score (nSPS) is 38.6. The second kappa shape index (κ2) is 3.70. The van der Waals surface area contributed by atoms with E-state index in [-0.39, 0.29) is 17.9 Å². The molecule has 1 aliphatic carbocycles. The summed E-state index contributed by atoms with van der Waals surface area (Å²) in [6.45, 7) is 3.61. The number of carbonyl (C=O) groups is 1. The topological polar surface area (TPSA) is 52.6 Å². The van der Waals surface area contributed by atoms with Crippen molar-refractivity contribution in [3.63, 3.8) is 0 Å². The zero-order valence-electron chi connectivity index (χ0n) is 9.61. The van der Waals surface area contributed by atoms with E-state index in [4.69, 9.17) is 0 Å². The summed E-state index contributed by atoms with van der Waals surface area (Å²) in [5.74, 6) is 1.06. The largest absolute Gasteiger partial charge is 0.396 e. The highest BCUT2D eigenvalue weighted by atomic mass is 16.3. The second-order valence-electron chi connectivity index (χ2n) is 5.68. The number of hydrogen-bond acceptors (Lipinski definition) is 3. The maximum Gasteiger partial charge on any atom is 0.228 e. The number of aliphatic hydroxyl groups excluding tert-OH is 1. The Kier molecular flexibility index (Phi) is 2.44. The van der Waals surface area contributed by atoms with Crippen molar-refractivity contribution in [3.8, 4) is 0 Å². The van der Waals surface area contributed by atoms with Crippen LogP contribution in [0.25, 0.3) is 0 Å². The number of nitrogens with zero attached hydrogens (tertiary/aromatic N) is 1. The fourth-order valence-corrected chi connectivity index (χ4v) is 3.56. The van der Waals surface area contributed by atoms with E-state index in [0.29, 0.717) is 11.8 Å². The number of fused-ring (bicyclic) bond motifs is 1. The van der Waals surface area contributed by atoms with Crippen LogP contribution in [0.2, 0.25) is 0 Å². The third-order valence-corrected chi connectivity index (χ3v) is 4.80. The Balaban J connectivity index is 1.69. The Labute approximate surface area is 96.0 Å². The molecule has 0 aromatic carbocycles. The van der Waals surface area contributed by atoms with Gasteiger partial charge in [0.15, 0.2) is 0 Å². The van der Waals surface area contributed by atoms with Gasteiger partial charge < -0.3 is 15.3 Å². The maximum absolute atomic E-state index is 12.1. The molecule has 0 spiro atoms. The second-order valence-corrected chi connectivity index (χ2v) is 5.68. The molecule has 2 atom stereocenters. The van der Waals surface area contributed by atoms with Gasteiger partial charge in [-0.3, -0.25) is 4.79 Å². The summed E-state index contributed by atoms with van der Waals surface area (Å²) in [6, 6.07) is 0. The Morgan fingerprint density at radius 3 is 2.88 bits per heavy atom. The van der Waals surface area contributed by atoms with E-state index in [1.807, 2.05) is 4.90 Å². The molecule has 0 radical (unpaired) electrons. The third kappa shape index (κ3) is 1.39. The predicted octanol–water partition coefficient (Wildman–Crippen LogP) is -0.173. The van der Waals surface area contributed by atoms with Crippen LogP contribution in [0.15, 0.2) is 0 Å². The van der Waals surface area contributed by atoms with E-state index >= 15 is 0 Å². The summed E-state index contributed by atoms with van der Waals surface area (Å²) in [6.07, 6.45) is 3.51. The molecule has 4 heteroatoms. The quantitative estimate of drug-likeness (QED) is 0.684. The summed E-state index contributed by atoms with van der Waals surface area (Å²) in [5, 5.41) is 12.7. The van der Waals surface area contributed by atoms with Crippen LogP contribution in [-0.2, 0) is 4.79 Å². The molecule has 3 fully saturated rings. The lowest BCUT2D eigenvalue weighted by molar-refractivity contribution is -0.136. The van der Waals surface area contributed by atoms with Gasteiger partial charge in [-0.1, -0.05) is 6.42 Å².